The van der Waals surface area contributed by atoms with Crippen LogP contribution in [0.25, 0.3) is 0 Å². The predicted octanol–water partition coefficient (Wildman–Crippen LogP) is 3.02. The van der Waals surface area contributed by atoms with E-state index in [4.69, 9.17) is 27.9 Å². The van der Waals surface area contributed by atoms with Crippen molar-refractivity contribution in [3.63, 3.8) is 0 Å². The highest BCUT2D eigenvalue weighted by Gasteiger charge is 2.07. The van der Waals surface area contributed by atoms with Gasteiger partial charge in [-0.15, -0.1) is 0 Å². The molecule has 0 unspecified atom stereocenters. The molecule has 138 valence electrons. The molecule has 0 aliphatic carbocycles. The molecule has 0 saturated heterocycles. The molecule has 2 N–H and O–H groups in total. The minimum Gasteiger partial charge on any atom is -0.497 e. The topological polar surface area (TPSA) is 67.4 Å². The molecule has 0 aliphatic heterocycles. The fourth-order valence-corrected chi connectivity index (χ4v) is 2.80. The number of methoxy groups -OCH3 is 1. The molecule has 26 heavy (non-hydrogen) atoms. The molecule has 2 amide bonds. The molecule has 2 aromatic rings. The Morgan fingerprint density at radius 2 is 1.73 bits per heavy atom. The second-order valence-electron chi connectivity index (χ2n) is 5.64. The van der Waals surface area contributed by atoms with E-state index in [1.54, 1.807) is 31.4 Å². The zero-order valence-electron chi connectivity index (χ0n) is 14.4. The van der Waals surface area contributed by atoms with E-state index < -0.39 is 0 Å². The second kappa shape index (κ2) is 10.0. The van der Waals surface area contributed by atoms with Crippen molar-refractivity contribution in [2.75, 3.05) is 20.2 Å². The van der Waals surface area contributed by atoms with Gasteiger partial charge < -0.3 is 15.4 Å². The maximum atomic E-state index is 11.9. The third-order valence-electron chi connectivity index (χ3n) is 3.70. The zero-order valence-corrected chi connectivity index (χ0v) is 15.9. The summed E-state index contributed by atoms with van der Waals surface area (Å²) in [6.07, 6.45) is 0.791. The second-order valence-corrected chi connectivity index (χ2v) is 6.48. The Morgan fingerprint density at radius 3 is 2.38 bits per heavy atom. The fourth-order valence-electron chi connectivity index (χ4n) is 2.29. The Bertz CT molecular complexity index is 764. The fraction of sp³-hybridized carbons (Fsp3) is 0.263. The van der Waals surface area contributed by atoms with Gasteiger partial charge in [-0.3, -0.25) is 9.59 Å². The van der Waals surface area contributed by atoms with Crippen LogP contribution in [0.1, 0.15) is 11.1 Å². The molecule has 2 rings (SSSR count). The lowest BCUT2D eigenvalue weighted by molar-refractivity contribution is -0.125. The molecular weight excluding hydrogens is 375 g/mol. The predicted molar refractivity (Wildman–Crippen MR) is 103 cm³/mol. The molecule has 5 nitrogen and oxygen atoms in total. The molecule has 0 aromatic heterocycles. The third kappa shape index (κ3) is 6.58. The van der Waals surface area contributed by atoms with Gasteiger partial charge in [-0.2, -0.15) is 0 Å². The Morgan fingerprint density at radius 1 is 1.00 bits per heavy atom. The average molecular weight is 395 g/mol. The number of amides is 2. The molecule has 0 saturated carbocycles. The SMILES string of the molecule is COc1ccc(CC(=O)NCC(=O)NCCc2ccc(Cl)cc2Cl)cc1. The Labute approximate surface area is 162 Å². The molecule has 7 heteroatoms. The molecule has 0 atom stereocenters. The third-order valence-corrected chi connectivity index (χ3v) is 4.29. The maximum absolute atomic E-state index is 11.9. The van der Waals surface area contributed by atoms with E-state index in [1.807, 2.05) is 18.2 Å². The van der Waals surface area contributed by atoms with Gasteiger partial charge in [0.25, 0.3) is 0 Å². The normalized spacial score (nSPS) is 10.3. The van der Waals surface area contributed by atoms with Gasteiger partial charge in [0.1, 0.15) is 5.75 Å². The van der Waals surface area contributed by atoms with E-state index in [0.29, 0.717) is 23.0 Å². The molecule has 2 aromatic carbocycles. The van der Waals surface area contributed by atoms with Crippen LogP contribution in [-0.2, 0) is 22.4 Å². The van der Waals surface area contributed by atoms with Gasteiger partial charge in [-0.05, 0) is 41.8 Å². The number of ether oxygens (including phenoxy) is 1. The monoisotopic (exact) mass is 394 g/mol. The Hall–Kier alpha value is -2.24. The van der Waals surface area contributed by atoms with E-state index in [1.165, 1.54) is 0 Å². The molecule has 0 bridgehead atoms. The van der Waals surface area contributed by atoms with Crippen LogP contribution in [0.3, 0.4) is 0 Å². The number of hydrogen-bond donors (Lipinski definition) is 2. The minimum atomic E-state index is -0.252. The van der Waals surface area contributed by atoms with Crippen LogP contribution < -0.4 is 15.4 Å². The van der Waals surface area contributed by atoms with Crippen molar-refractivity contribution in [1.29, 1.82) is 0 Å². The number of benzene rings is 2. The maximum Gasteiger partial charge on any atom is 0.239 e. The van der Waals surface area contributed by atoms with Gasteiger partial charge in [0.05, 0.1) is 20.1 Å². The summed E-state index contributed by atoms with van der Waals surface area (Å²) in [4.78, 5) is 23.7. The summed E-state index contributed by atoms with van der Waals surface area (Å²) in [5, 5.41) is 6.49. The molecule has 0 heterocycles. The molecule has 0 aliphatic rings. The van der Waals surface area contributed by atoms with Crippen LogP contribution in [-0.4, -0.2) is 32.0 Å². The van der Waals surface area contributed by atoms with Crippen molar-refractivity contribution in [2.24, 2.45) is 0 Å². The summed E-state index contributed by atoms with van der Waals surface area (Å²) >= 11 is 11.9. The highest BCUT2D eigenvalue weighted by atomic mass is 35.5. The van der Waals surface area contributed by atoms with Gasteiger partial charge in [0, 0.05) is 16.6 Å². The largest absolute Gasteiger partial charge is 0.497 e. The Balaban J connectivity index is 1.68. The summed E-state index contributed by atoms with van der Waals surface area (Å²) in [5.74, 6) is 0.263. The highest BCUT2D eigenvalue weighted by molar-refractivity contribution is 6.35. The van der Waals surface area contributed by atoms with Crippen LogP contribution in [0.15, 0.2) is 42.5 Å². The van der Waals surface area contributed by atoms with E-state index in [0.717, 1.165) is 16.9 Å². The minimum absolute atomic E-state index is 0.0661. The summed E-state index contributed by atoms with van der Waals surface area (Å²) in [5.41, 5.74) is 1.75. The lowest BCUT2D eigenvalue weighted by atomic mass is 10.1. The standard InChI is InChI=1S/C19H20Cl2N2O3/c1-26-16-6-2-13(3-7-16)10-18(24)23-12-19(25)22-9-8-14-4-5-15(20)11-17(14)21/h2-7,11H,8-10,12H2,1H3,(H,22,25)(H,23,24). The van der Waals surface area contributed by atoms with Crippen molar-refractivity contribution in [3.05, 3.63) is 63.6 Å². The van der Waals surface area contributed by atoms with E-state index in [2.05, 4.69) is 10.6 Å². The van der Waals surface area contributed by atoms with E-state index in [-0.39, 0.29) is 24.8 Å². The first-order chi connectivity index (χ1) is 12.5. The van der Waals surface area contributed by atoms with Gasteiger partial charge in [-0.1, -0.05) is 41.4 Å². The average Bonchev–Trinajstić information content (AvgIpc) is 2.62. The number of halogens is 2. The van der Waals surface area contributed by atoms with Crippen LogP contribution >= 0.6 is 23.2 Å². The van der Waals surface area contributed by atoms with Gasteiger partial charge in [0.2, 0.25) is 11.8 Å². The van der Waals surface area contributed by atoms with Crippen molar-refractivity contribution < 1.29 is 14.3 Å². The van der Waals surface area contributed by atoms with Crippen molar-refractivity contribution >= 4 is 35.0 Å². The number of carbonyl (C=O) groups excluding carboxylic acids is 2. The van der Waals surface area contributed by atoms with Crippen LogP contribution in [0.2, 0.25) is 10.0 Å². The number of carbonyl (C=O) groups is 2. The lowest BCUT2D eigenvalue weighted by Gasteiger charge is -2.08. The summed E-state index contributed by atoms with van der Waals surface area (Å²) in [6, 6.07) is 12.5. The molecule has 0 fully saturated rings. The summed E-state index contributed by atoms with van der Waals surface area (Å²) in [6.45, 7) is 0.359. The quantitative estimate of drug-likeness (QED) is 0.722. The van der Waals surface area contributed by atoms with Crippen LogP contribution in [0, 0.1) is 0 Å². The molecular formula is C19H20Cl2N2O3. The lowest BCUT2D eigenvalue weighted by Crippen LogP contribution is -2.38. The molecule has 0 radical (unpaired) electrons. The Kier molecular flexibility index (Phi) is 7.75. The van der Waals surface area contributed by atoms with Crippen molar-refractivity contribution in [1.82, 2.24) is 10.6 Å². The van der Waals surface area contributed by atoms with Gasteiger partial charge in [0.15, 0.2) is 0 Å². The zero-order chi connectivity index (χ0) is 18.9. The first kappa shape index (κ1) is 20.1. The number of rotatable bonds is 8. The summed E-state index contributed by atoms with van der Waals surface area (Å²) < 4.78 is 5.07. The molecule has 0 spiro atoms. The first-order valence-electron chi connectivity index (χ1n) is 8.08. The number of nitrogens with one attached hydrogen (secondary N) is 2. The van der Waals surface area contributed by atoms with Crippen LogP contribution in [0.4, 0.5) is 0 Å². The van der Waals surface area contributed by atoms with Crippen LogP contribution in [0.5, 0.6) is 5.75 Å². The smallest absolute Gasteiger partial charge is 0.239 e. The van der Waals surface area contributed by atoms with Crippen molar-refractivity contribution in [3.8, 4) is 5.75 Å². The van der Waals surface area contributed by atoms with E-state index in [9.17, 15) is 9.59 Å². The number of hydrogen-bond acceptors (Lipinski definition) is 3. The van der Waals surface area contributed by atoms with Gasteiger partial charge in [-0.25, -0.2) is 0 Å². The summed E-state index contributed by atoms with van der Waals surface area (Å²) in [7, 11) is 1.58. The first-order valence-corrected chi connectivity index (χ1v) is 8.84. The highest BCUT2D eigenvalue weighted by Crippen LogP contribution is 2.21. The van der Waals surface area contributed by atoms with E-state index >= 15 is 0 Å². The van der Waals surface area contributed by atoms with Gasteiger partial charge >= 0.3 is 0 Å². The van der Waals surface area contributed by atoms with Crippen molar-refractivity contribution in [2.45, 2.75) is 12.8 Å².